The average molecular weight is 249 g/mol. The molecule has 1 aromatic rings. The summed E-state index contributed by atoms with van der Waals surface area (Å²) in [6.45, 7) is 0. The number of carbonyl (C=O) groups excluding carboxylic acids is 1. The van der Waals surface area contributed by atoms with Crippen LogP contribution in [0.15, 0.2) is 41.2 Å². The van der Waals surface area contributed by atoms with Crippen LogP contribution >= 0.6 is 10.5 Å². The third-order valence-electron chi connectivity index (χ3n) is 2.23. The van der Waals surface area contributed by atoms with Crippen molar-refractivity contribution < 1.29 is 9.53 Å². The summed E-state index contributed by atoms with van der Waals surface area (Å²) in [6.07, 6.45) is 0. The van der Waals surface area contributed by atoms with E-state index < -0.39 is 10.5 Å². The van der Waals surface area contributed by atoms with E-state index in [2.05, 4.69) is 10.4 Å². The van der Waals surface area contributed by atoms with Gasteiger partial charge in [-0.05, 0) is 5.56 Å². The standard InChI is InChI=1S/C11H11N3O2S/c1-16-10-9(8-5-3-2-4-6-8)17(7-15)11(13-10)14-12/h2-6H,12H2,1H3,(H,13,14). The number of amidine groups is 1. The van der Waals surface area contributed by atoms with Crippen molar-refractivity contribution in [2.45, 2.75) is 0 Å². The second kappa shape index (κ2) is 4.97. The molecule has 5 nitrogen and oxygen atoms in total. The summed E-state index contributed by atoms with van der Waals surface area (Å²) in [5, 5.41) is 2.32. The fraction of sp³-hybridized carbons (Fsp3) is 0.0909. The molecule has 0 saturated carbocycles. The lowest BCUT2D eigenvalue weighted by molar-refractivity contribution is 0.292. The number of nitrogens with one attached hydrogen (secondary N) is 1. The van der Waals surface area contributed by atoms with Crippen LogP contribution in [-0.4, -0.2) is 17.5 Å². The van der Waals surface area contributed by atoms with Gasteiger partial charge in [0.1, 0.15) is 0 Å². The van der Waals surface area contributed by atoms with E-state index in [-0.39, 0.29) is 0 Å². The van der Waals surface area contributed by atoms with Crippen molar-refractivity contribution in [1.29, 1.82) is 0 Å². The lowest BCUT2D eigenvalue weighted by Crippen LogP contribution is -2.27. The quantitative estimate of drug-likeness (QED) is 0.468. The van der Waals surface area contributed by atoms with E-state index in [0.29, 0.717) is 16.0 Å². The highest BCUT2D eigenvalue weighted by atomic mass is 32.2. The molecule has 0 amide bonds. The minimum atomic E-state index is -0.928. The Hall–Kier alpha value is -1.88. The van der Waals surface area contributed by atoms with Gasteiger partial charge in [0.2, 0.25) is 5.88 Å². The monoisotopic (exact) mass is 249 g/mol. The van der Waals surface area contributed by atoms with Crippen molar-refractivity contribution in [3.8, 4) is 0 Å². The number of rotatable bonds is 2. The summed E-state index contributed by atoms with van der Waals surface area (Å²) < 4.78 is 5.17. The molecule has 3 N–H and O–H groups in total. The number of ether oxygens (including phenoxy) is 1. The van der Waals surface area contributed by atoms with Crippen LogP contribution < -0.4 is 11.3 Å². The Morgan fingerprint density at radius 2 is 2.12 bits per heavy atom. The third-order valence-corrected chi connectivity index (χ3v) is 3.81. The van der Waals surface area contributed by atoms with E-state index in [1.807, 2.05) is 35.6 Å². The second-order valence-electron chi connectivity index (χ2n) is 3.16. The predicted molar refractivity (Wildman–Crippen MR) is 68.4 cm³/mol. The maximum atomic E-state index is 11.0. The van der Waals surface area contributed by atoms with Gasteiger partial charge in [-0.2, -0.15) is 4.99 Å². The zero-order valence-electron chi connectivity index (χ0n) is 9.14. The molecule has 1 heterocycles. The summed E-state index contributed by atoms with van der Waals surface area (Å²) in [4.78, 5) is 15.9. The molecule has 0 radical (unpaired) electrons. The Kier molecular flexibility index (Phi) is 3.39. The largest absolute Gasteiger partial charge is 0.480 e. The predicted octanol–water partition coefficient (Wildman–Crippen LogP) is 1.13. The Balaban J connectivity index is 2.57. The normalized spacial score (nSPS) is 18.7. The zero-order valence-corrected chi connectivity index (χ0v) is 9.95. The summed E-state index contributed by atoms with van der Waals surface area (Å²) in [5.41, 5.74) is 3.29. The van der Waals surface area contributed by atoms with E-state index in [9.17, 15) is 4.79 Å². The van der Waals surface area contributed by atoms with Gasteiger partial charge in [0.05, 0.1) is 12.0 Å². The maximum absolute atomic E-state index is 11.0. The van der Waals surface area contributed by atoms with Gasteiger partial charge in [0.25, 0.3) is 0 Å². The lowest BCUT2D eigenvalue weighted by atomic mass is 10.2. The molecule has 0 aliphatic carbocycles. The molecule has 1 aliphatic heterocycles. The van der Waals surface area contributed by atoms with Crippen LogP contribution in [0.5, 0.6) is 0 Å². The van der Waals surface area contributed by atoms with Crippen molar-refractivity contribution in [1.82, 2.24) is 5.43 Å². The number of benzene rings is 1. The average Bonchev–Trinajstić information content (AvgIpc) is 2.77. The molecule has 17 heavy (non-hydrogen) atoms. The van der Waals surface area contributed by atoms with E-state index in [1.54, 1.807) is 0 Å². The minimum Gasteiger partial charge on any atom is -0.480 e. The van der Waals surface area contributed by atoms with Gasteiger partial charge in [-0.1, -0.05) is 30.3 Å². The second-order valence-corrected chi connectivity index (χ2v) is 4.73. The highest BCUT2D eigenvalue weighted by Crippen LogP contribution is 2.41. The first-order valence-electron chi connectivity index (χ1n) is 4.83. The number of methoxy groups -OCH3 is 1. The molecule has 2 rings (SSSR count). The van der Waals surface area contributed by atoms with Crippen LogP contribution in [0.1, 0.15) is 5.56 Å². The van der Waals surface area contributed by atoms with E-state index in [4.69, 9.17) is 10.6 Å². The van der Waals surface area contributed by atoms with Crippen LogP contribution in [-0.2, 0) is 9.53 Å². The molecule has 1 aliphatic rings. The molecule has 6 heteroatoms. The van der Waals surface area contributed by atoms with Crippen molar-refractivity contribution in [2.75, 3.05) is 7.11 Å². The van der Waals surface area contributed by atoms with Gasteiger partial charge in [0, 0.05) is 10.5 Å². The first-order valence-corrected chi connectivity index (χ1v) is 6.05. The molecule has 0 bridgehead atoms. The molecule has 0 spiro atoms. The summed E-state index contributed by atoms with van der Waals surface area (Å²) in [7, 11) is 0.580. The minimum absolute atomic E-state index is 0.371. The fourth-order valence-electron chi connectivity index (χ4n) is 1.51. The lowest BCUT2D eigenvalue weighted by Gasteiger charge is -2.05. The maximum Gasteiger partial charge on any atom is 0.230 e. The SMILES string of the molecule is COC1=C(c2ccccc2)S(=C=O)C(NN)=N1. The van der Waals surface area contributed by atoms with Gasteiger partial charge in [-0.15, -0.1) is 0 Å². The van der Waals surface area contributed by atoms with Crippen LogP contribution in [0.25, 0.3) is 4.91 Å². The molecule has 1 atom stereocenters. The smallest absolute Gasteiger partial charge is 0.230 e. The number of nitrogens with zero attached hydrogens (tertiary/aromatic N) is 1. The molecule has 0 saturated heterocycles. The Morgan fingerprint density at radius 3 is 2.65 bits per heavy atom. The van der Waals surface area contributed by atoms with Crippen LogP contribution in [0.2, 0.25) is 0 Å². The zero-order chi connectivity index (χ0) is 12.3. The Morgan fingerprint density at radius 1 is 1.41 bits per heavy atom. The molecular formula is C11H11N3O2S. The summed E-state index contributed by atoms with van der Waals surface area (Å²) >= 11 is 0. The molecule has 1 unspecified atom stereocenters. The van der Waals surface area contributed by atoms with Gasteiger partial charge in [-0.25, -0.2) is 10.6 Å². The summed E-state index contributed by atoms with van der Waals surface area (Å²) in [5.74, 6) is 5.72. The van der Waals surface area contributed by atoms with Gasteiger partial charge in [-0.3, -0.25) is 0 Å². The first kappa shape index (κ1) is 11.6. The number of hydrazine groups is 1. The van der Waals surface area contributed by atoms with Crippen LogP contribution in [0.3, 0.4) is 0 Å². The Bertz CT molecular complexity index is 545. The molecule has 88 valence electrons. The highest BCUT2D eigenvalue weighted by Gasteiger charge is 2.25. The summed E-state index contributed by atoms with van der Waals surface area (Å²) in [6, 6.07) is 9.45. The third kappa shape index (κ3) is 2.01. The molecule has 0 fully saturated rings. The number of hydrogen-bond acceptors (Lipinski definition) is 5. The first-order chi connectivity index (χ1) is 8.31. The highest BCUT2D eigenvalue weighted by molar-refractivity contribution is 8.34. The molecule has 1 aromatic carbocycles. The van der Waals surface area contributed by atoms with E-state index >= 15 is 0 Å². The number of hydrogen-bond donors (Lipinski definition) is 2. The van der Waals surface area contributed by atoms with Crippen molar-refractivity contribution in [3.63, 3.8) is 0 Å². The molecular weight excluding hydrogens is 238 g/mol. The van der Waals surface area contributed by atoms with Gasteiger partial charge in [0.15, 0.2) is 10.4 Å². The van der Waals surface area contributed by atoms with E-state index in [0.717, 1.165) is 5.56 Å². The van der Waals surface area contributed by atoms with Crippen LogP contribution in [0.4, 0.5) is 0 Å². The molecule has 0 aromatic heterocycles. The van der Waals surface area contributed by atoms with Crippen molar-refractivity contribution in [3.05, 3.63) is 41.8 Å². The number of nitrogens with two attached hydrogens (primary N) is 1. The number of aliphatic imine (C=N–C) groups is 1. The fourth-order valence-corrected chi connectivity index (χ4v) is 2.84. The van der Waals surface area contributed by atoms with E-state index in [1.165, 1.54) is 7.11 Å². The van der Waals surface area contributed by atoms with Crippen molar-refractivity contribution >= 4 is 25.8 Å². The van der Waals surface area contributed by atoms with Gasteiger partial charge >= 0.3 is 0 Å². The topological polar surface area (TPSA) is 76.7 Å². The Labute approximate surface area is 101 Å². The van der Waals surface area contributed by atoms with Gasteiger partial charge < -0.3 is 10.2 Å². The van der Waals surface area contributed by atoms with Crippen molar-refractivity contribution in [2.24, 2.45) is 10.8 Å². The van der Waals surface area contributed by atoms with Crippen LogP contribution in [0, 0.1) is 0 Å².